The monoisotopic (exact) mass is 451 g/mol. The molecule has 2 fully saturated rings. The molecule has 0 bridgehead atoms. The lowest BCUT2D eigenvalue weighted by Gasteiger charge is -2.34. The number of esters is 1. The number of nitrogens with zero attached hydrogens (tertiary/aromatic N) is 5. The molecule has 0 N–H and O–H groups in total. The quantitative estimate of drug-likeness (QED) is 0.557. The van der Waals surface area contributed by atoms with Crippen LogP contribution in [0.3, 0.4) is 0 Å². The first-order chi connectivity index (χ1) is 16.1. The molecular weight excluding hydrogens is 422 g/mol. The maximum Gasteiger partial charge on any atom is 0.338 e. The average molecular weight is 452 g/mol. The molecule has 0 radical (unpaired) electrons. The van der Waals surface area contributed by atoms with Gasteiger partial charge in [0, 0.05) is 30.9 Å². The number of hydrogen-bond donors (Lipinski definition) is 0. The Morgan fingerprint density at radius 3 is 2.91 bits per heavy atom. The predicted octanol–water partition coefficient (Wildman–Crippen LogP) is 3.51. The van der Waals surface area contributed by atoms with Gasteiger partial charge in [0.25, 0.3) is 0 Å². The second-order valence-corrected chi connectivity index (χ2v) is 8.63. The van der Waals surface area contributed by atoms with E-state index in [4.69, 9.17) is 24.2 Å². The lowest BCUT2D eigenvalue weighted by atomic mass is 10.0. The molecule has 9 nitrogen and oxygen atoms in total. The Balaban J connectivity index is 1.72. The summed E-state index contributed by atoms with van der Waals surface area (Å²) in [5, 5.41) is 5.29. The van der Waals surface area contributed by atoms with Crippen LogP contribution in [0.2, 0.25) is 0 Å². The van der Waals surface area contributed by atoms with Crippen LogP contribution in [0.4, 0.5) is 5.82 Å². The van der Waals surface area contributed by atoms with Crippen LogP contribution in [-0.4, -0.2) is 65.2 Å². The highest BCUT2D eigenvalue weighted by molar-refractivity contribution is 6.08. The van der Waals surface area contributed by atoms with Crippen molar-refractivity contribution in [2.24, 2.45) is 0 Å². The fourth-order valence-corrected chi connectivity index (χ4v) is 4.71. The lowest BCUT2D eigenvalue weighted by molar-refractivity contribution is -0.0383. The topological polar surface area (TPSA) is 91.6 Å². The number of aromatic nitrogens is 4. The van der Waals surface area contributed by atoms with Crippen LogP contribution < -0.4 is 4.90 Å². The van der Waals surface area contributed by atoms with Gasteiger partial charge >= 0.3 is 5.97 Å². The number of carbonyl (C=O) groups is 1. The summed E-state index contributed by atoms with van der Waals surface area (Å²) in [5.41, 5.74) is 3.50. The van der Waals surface area contributed by atoms with Gasteiger partial charge in [0.2, 0.25) is 0 Å². The van der Waals surface area contributed by atoms with Gasteiger partial charge in [-0.05, 0) is 50.8 Å². The van der Waals surface area contributed by atoms with E-state index in [0.29, 0.717) is 42.4 Å². The molecule has 2 saturated heterocycles. The zero-order chi connectivity index (χ0) is 22.9. The van der Waals surface area contributed by atoms with E-state index in [9.17, 15) is 4.79 Å². The molecule has 33 heavy (non-hydrogen) atoms. The molecule has 0 spiro atoms. The molecule has 0 saturated carbocycles. The van der Waals surface area contributed by atoms with Crippen molar-refractivity contribution in [1.29, 1.82) is 0 Å². The molecule has 5 rings (SSSR count). The molecule has 0 aromatic carbocycles. The number of hydrogen-bond acceptors (Lipinski definition) is 8. The third-order valence-electron chi connectivity index (χ3n) is 6.42. The molecule has 0 amide bonds. The van der Waals surface area contributed by atoms with Gasteiger partial charge in [-0.2, -0.15) is 5.10 Å². The van der Waals surface area contributed by atoms with Gasteiger partial charge in [0.1, 0.15) is 17.0 Å². The van der Waals surface area contributed by atoms with E-state index in [-0.39, 0.29) is 12.3 Å². The summed E-state index contributed by atoms with van der Waals surface area (Å²) in [6, 6.07) is 3.89. The van der Waals surface area contributed by atoms with Crippen molar-refractivity contribution in [2.75, 3.05) is 38.4 Å². The number of carbonyl (C=O) groups excluding carboxylic acids is 1. The molecule has 0 aliphatic carbocycles. The number of pyridine rings is 2. The molecule has 3 aromatic rings. The highest BCUT2D eigenvalue weighted by Crippen LogP contribution is 2.35. The third-order valence-corrected chi connectivity index (χ3v) is 6.42. The van der Waals surface area contributed by atoms with Crippen LogP contribution in [0.1, 0.15) is 48.3 Å². The van der Waals surface area contributed by atoms with Crippen molar-refractivity contribution in [3.05, 3.63) is 35.7 Å². The SMILES string of the molecule is COC(=O)c1cc(N2CCOC[C@H]2C)nc2c(-c3ccnn3C3CCCCO3)ncc(C)c12. The molecular formula is C24H29N5O4. The summed E-state index contributed by atoms with van der Waals surface area (Å²) in [5.74, 6) is 0.321. The highest BCUT2D eigenvalue weighted by Gasteiger charge is 2.27. The summed E-state index contributed by atoms with van der Waals surface area (Å²) < 4.78 is 18.6. The van der Waals surface area contributed by atoms with Crippen molar-refractivity contribution in [3.63, 3.8) is 0 Å². The number of methoxy groups -OCH3 is 1. The summed E-state index contributed by atoms with van der Waals surface area (Å²) in [6.45, 7) is 6.67. The second-order valence-electron chi connectivity index (χ2n) is 8.63. The van der Waals surface area contributed by atoms with Crippen LogP contribution in [0.15, 0.2) is 24.5 Å². The normalized spacial score (nSPS) is 21.4. The number of fused-ring (bicyclic) bond motifs is 1. The maximum absolute atomic E-state index is 12.9. The fourth-order valence-electron chi connectivity index (χ4n) is 4.71. The summed E-state index contributed by atoms with van der Waals surface area (Å²) in [6.07, 6.45) is 6.46. The minimum Gasteiger partial charge on any atom is -0.465 e. The minimum atomic E-state index is -0.395. The fraction of sp³-hybridized carbons (Fsp3) is 0.500. The van der Waals surface area contributed by atoms with Gasteiger partial charge in [-0.25, -0.2) is 14.5 Å². The van der Waals surface area contributed by atoms with E-state index in [1.807, 2.05) is 23.7 Å². The van der Waals surface area contributed by atoms with E-state index in [2.05, 4.69) is 16.9 Å². The Bertz CT molecular complexity index is 1170. The largest absolute Gasteiger partial charge is 0.465 e. The van der Waals surface area contributed by atoms with Crippen LogP contribution in [-0.2, 0) is 14.2 Å². The maximum atomic E-state index is 12.9. The Kier molecular flexibility index (Phi) is 5.99. The van der Waals surface area contributed by atoms with Crippen molar-refractivity contribution < 1.29 is 19.0 Å². The number of morpholine rings is 1. The zero-order valence-electron chi connectivity index (χ0n) is 19.3. The number of rotatable bonds is 4. The van der Waals surface area contributed by atoms with Crippen LogP contribution >= 0.6 is 0 Å². The molecule has 174 valence electrons. The van der Waals surface area contributed by atoms with E-state index < -0.39 is 5.97 Å². The Labute approximate surface area is 192 Å². The Hall–Kier alpha value is -3.04. The van der Waals surface area contributed by atoms with Gasteiger partial charge in [-0.3, -0.25) is 4.98 Å². The Morgan fingerprint density at radius 2 is 2.15 bits per heavy atom. The summed E-state index contributed by atoms with van der Waals surface area (Å²) in [7, 11) is 1.40. The molecule has 2 atom stereocenters. The van der Waals surface area contributed by atoms with Gasteiger partial charge in [-0.15, -0.1) is 0 Å². The molecule has 2 aliphatic heterocycles. The molecule has 9 heteroatoms. The van der Waals surface area contributed by atoms with Crippen LogP contribution in [0, 0.1) is 6.92 Å². The number of aryl methyl sites for hydroxylation is 1. The number of anilines is 1. The first kappa shape index (κ1) is 21.8. The van der Waals surface area contributed by atoms with Crippen LogP contribution in [0.5, 0.6) is 0 Å². The molecule has 5 heterocycles. The molecule has 2 aliphatic rings. The number of ether oxygens (including phenoxy) is 3. The van der Waals surface area contributed by atoms with Gasteiger partial charge in [0.15, 0.2) is 6.23 Å². The first-order valence-electron chi connectivity index (χ1n) is 11.5. The van der Waals surface area contributed by atoms with Gasteiger partial charge in [-0.1, -0.05) is 0 Å². The van der Waals surface area contributed by atoms with E-state index in [0.717, 1.165) is 42.5 Å². The van der Waals surface area contributed by atoms with E-state index in [1.165, 1.54) is 7.11 Å². The van der Waals surface area contributed by atoms with E-state index in [1.54, 1.807) is 12.4 Å². The standard InChI is InChI=1S/C24H29N5O4/c1-15-13-25-22(18-7-8-26-29(18)20-6-4-5-10-33-20)23-21(15)17(24(30)31-3)12-19(27-23)28-9-11-32-14-16(28)2/h7-8,12-13,16,20H,4-6,9-11,14H2,1-3H3/t16-,20?/m1/s1. The highest BCUT2D eigenvalue weighted by atomic mass is 16.5. The second kappa shape index (κ2) is 9.07. The minimum absolute atomic E-state index is 0.135. The van der Waals surface area contributed by atoms with E-state index >= 15 is 0 Å². The summed E-state index contributed by atoms with van der Waals surface area (Å²) >= 11 is 0. The molecule has 1 unspecified atom stereocenters. The average Bonchev–Trinajstić information content (AvgIpc) is 3.33. The van der Waals surface area contributed by atoms with Crippen molar-refractivity contribution >= 4 is 22.7 Å². The predicted molar refractivity (Wildman–Crippen MR) is 123 cm³/mol. The lowest BCUT2D eigenvalue weighted by Crippen LogP contribution is -2.44. The first-order valence-corrected chi connectivity index (χ1v) is 11.5. The van der Waals surface area contributed by atoms with Gasteiger partial charge < -0.3 is 19.1 Å². The zero-order valence-corrected chi connectivity index (χ0v) is 19.3. The van der Waals surface area contributed by atoms with Crippen molar-refractivity contribution in [3.8, 4) is 11.4 Å². The van der Waals surface area contributed by atoms with Crippen molar-refractivity contribution in [2.45, 2.75) is 45.4 Å². The smallest absolute Gasteiger partial charge is 0.338 e. The van der Waals surface area contributed by atoms with Gasteiger partial charge in [0.05, 0.1) is 37.6 Å². The van der Waals surface area contributed by atoms with Crippen LogP contribution in [0.25, 0.3) is 22.3 Å². The Morgan fingerprint density at radius 1 is 1.27 bits per heavy atom. The summed E-state index contributed by atoms with van der Waals surface area (Å²) in [4.78, 5) is 24.8. The third kappa shape index (κ3) is 3.95. The van der Waals surface area contributed by atoms with Crippen molar-refractivity contribution in [1.82, 2.24) is 19.7 Å². The molecule has 3 aromatic heterocycles.